The van der Waals surface area contributed by atoms with Crippen LogP contribution in [0, 0.1) is 0 Å². The molecule has 1 N–H and O–H groups in total. The van der Waals surface area contributed by atoms with Crippen LogP contribution in [0.5, 0.6) is 0 Å². The minimum atomic E-state index is -0.376. The quantitative estimate of drug-likeness (QED) is 0.524. The van der Waals surface area contributed by atoms with E-state index in [0.717, 1.165) is 39.4 Å². The van der Waals surface area contributed by atoms with Crippen molar-refractivity contribution in [1.29, 1.82) is 0 Å². The Morgan fingerprint density at radius 3 is 2.50 bits per heavy atom. The van der Waals surface area contributed by atoms with Gasteiger partial charge in [-0.05, 0) is 18.6 Å². The molecule has 1 amide bonds. The number of nitrogens with zero attached hydrogens (tertiary/aromatic N) is 2. The summed E-state index contributed by atoms with van der Waals surface area (Å²) >= 11 is 0.776. The number of hydrogen-bond donors (Lipinski definition) is 1. The van der Waals surface area contributed by atoms with Crippen molar-refractivity contribution in [3.63, 3.8) is 0 Å². The lowest BCUT2D eigenvalue weighted by Crippen LogP contribution is -2.20. The number of para-hydroxylation sites is 1. The molecule has 2 aromatic heterocycles. The van der Waals surface area contributed by atoms with Gasteiger partial charge in [0.15, 0.2) is 0 Å². The van der Waals surface area contributed by atoms with E-state index in [0.29, 0.717) is 17.7 Å². The highest BCUT2D eigenvalue weighted by Crippen LogP contribution is 2.30. The van der Waals surface area contributed by atoms with Gasteiger partial charge in [-0.3, -0.25) is 14.3 Å². The van der Waals surface area contributed by atoms with Crippen molar-refractivity contribution in [2.24, 2.45) is 7.05 Å². The summed E-state index contributed by atoms with van der Waals surface area (Å²) in [5, 5.41) is 1.87. The lowest BCUT2D eigenvalue weighted by atomic mass is 10.1. The van der Waals surface area contributed by atoms with E-state index in [-0.39, 0.29) is 11.0 Å². The van der Waals surface area contributed by atoms with E-state index in [2.05, 4.69) is 20.3 Å². The van der Waals surface area contributed by atoms with Crippen molar-refractivity contribution in [3.8, 4) is 0 Å². The van der Waals surface area contributed by atoms with Crippen LogP contribution in [0.1, 0.15) is 33.5 Å². The Hall–Kier alpha value is -3.12. The molecule has 0 atom stereocenters. The molecule has 0 bridgehead atoms. The molecule has 4 aromatic rings. The first-order valence-corrected chi connectivity index (χ1v) is 9.85. The number of rotatable bonds is 3. The number of nitrogens with one attached hydrogen (secondary N) is 1. The van der Waals surface area contributed by atoms with E-state index in [1.54, 1.807) is 30.3 Å². The van der Waals surface area contributed by atoms with Crippen LogP contribution >= 0.6 is 11.9 Å². The minimum Gasteiger partial charge on any atom is -0.342 e. The summed E-state index contributed by atoms with van der Waals surface area (Å²) in [5.41, 5.74) is 3.85. The van der Waals surface area contributed by atoms with Gasteiger partial charge < -0.3 is 4.57 Å². The van der Waals surface area contributed by atoms with Gasteiger partial charge in [-0.25, -0.2) is 4.98 Å². The van der Waals surface area contributed by atoms with Gasteiger partial charge in [0.2, 0.25) is 5.12 Å². The molecule has 0 aliphatic rings. The van der Waals surface area contributed by atoms with E-state index in [1.807, 2.05) is 38.2 Å². The number of aryl methyl sites for hydroxylation is 2. The first-order chi connectivity index (χ1) is 13.6. The van der Waals surface area contributed by atoms with E-state index in [9.17, 15) is 9.59 Å². The van der Waals surface area contributed by atoms with Crippen LogP contribution in [0.3, 0.4) is 0 Å². The summed E-state index contributed by atoms with van der Waals surface area (Å²) in [7, 11) is 2.01. The number of amides is 1. The van der Waals surface area contributed by atoms with Crippen molar-refractivity contribution >= 4 is 44.8 Å². The molecular formula is C22H19N3O2S. The fraction of sp³-hybridized carbons (Fsp3) is 0.136. The zero-order valence-corrected chi connectivity index (χ0v) is 16.4. The number of carbonyl (C=O) groups excluding carboxylic acids is 2. The van der Waals surface area contributed by atoms with Gasteiger partial charge in [-0.2, -0.15) is 0 Å². The third kappa shape index (κ3) is 3.16. The van der Waals surface area contributed by atoms with Gasteiger partial charge in [-0.15, -0.1) is 0 Å². The predicted octanol–water partition coefficient (Wildman–Crippen LogP) is 4.51. The summed E-state index contributed by atoms with van der Waals surface area (Å²) in [6.45, 7) is 2.02. The second-order valence-electron chi connectivity index (χ2n) is 6.47. The van der Waals surface area contributed by atoms with Crippen LogP contribution in [-0.2, 0) is 13.5 Å². The molecule has 4 rings (SSSR count). The van der Waals surface area contributed by atoms with Gasteiger partial charge in [-0.1, -0.05) is 55.5 Å². The average molecular weight is 389 g/mol. The number of carbonyl (C=O) groups is 2. The van der Waals surface area contributed by atoms with Gasteiger partial charge >= 0.3 is 0 Å². The zero-order valence-electron chi connectivity index (χ0n) is 15.6. The number of aromatic nitrogens is 2. The molecule has 2 heterocycles. The third-order valence-electron chi connectivity index (χ3n) is 4.77. The number of fused-ring (bicyclic) bond motifs is 3. The lowest BCUT2D eigenvalue weighted by molar-refractivity contribution is 0.0973. The van der Waals surface area contributed by atoms with Crippen molar-refractivity contribution in [2.45, 2.75) is 13.3 Å². The van der Waals surface area contributed by atoms with Gasteiger partial charge in [0.05, 0.1) is 11.2 Å². The van der Waals surface area contributed by atoms with Crippen molar-refractivity contribution in [2.75, 3.05) is 0 Å². The minimum absolute atomic E-state index is 0.212. The fourth-order valence-electron chi connectivity index (χ4n) is 3.43. The average Bonchev–Trinajstić information content (AvgIpc) is 3.04. The smallest absolute Gasteiger partial charge is 0.280 e. The maximum Gasteiger partial charge on any atom is 0.280 e. The second kappa shape index (κ2) is 7.48. The number of benzene rings is 2. The SMILES string of the molecule is CCc1nc(C(=O)NSC(=O)c2ccccc2)cc2c3ccccc3n(C)c12. The molecular weight excluding hydrogens is 370 g/mol. The highest BCUT2D eigenvalue weighted by Gasteiger charge is 2.18. The van der Waals surface area contributed by atoms with Crippen LogP contribution in [0.15, 0.2) is 60.7 Å². The third-order valence-corrected chi connectivity index (χ3v) is 5.48. The van der Waals surface area contributed by atoms with Gasteiger partial charge in [0.1, 0.15) is 5.69 Å². The molecule has 0 saturated heterocycles. The van der Waals surface area contributed by atoms with Crippen LogP contribution in [-0.4, -0.2) is 20.6 Å². The van der Waals surface area contributed by atoms with Gasteiger partial charge in [0.25, 0.3) is 5.91 Å². The molecule has 0 radical (unpaired) electrons. The lowest BCUT2D eigenvalue weighted by Gasteiger charge is -2.08. The van der Waals surface area contributed by atoms with Crippen molar-refractivity contribution in [3.05, 3.63) is 77.6 Å². The molecule has 2 aromatic carbocycles. The molecule has 0 fully saturated rings. The molecule has 140 valence electrons. The highest BCUT2D eigenvalue weighted by atomic mass is 32.2. The summed E-state index contributed by atoms with van der Waals surface area (Å²) in [6, 6.07) is 18.8. The Kier molecular flexibility index (Phi) is 4.88. The first kappa shape index (κ1) is 18.3. The van der Waals surface area contributed by atoms with Crippen LogP contribution in [0.4, 0.5) is 0 Å². The molecule has 28 heavy (non-hydrogen) atoms. The highest BCUT2D eigenvalue weighted by molar-refractivity contribution is 8.12. The fourth-order valence-corrected chi connectivity index (χ4v) is 3.97. The van der Waals surface area contributed by atoms with Crippen LogP contribution in [0.2, 0.25) is 0 Å². The topological polar surface area (TPSA) is 64.0 Å². The first-order valence-electron chi connectivity index (χ1n) is 9.03. The Morgan fingerprint density at radius 1 is 1.04 bits per heavy atom. The van der Waals surface area contributed by atoms with E-state index < -0.39 is 0 Å². The van der Waals surface area contributed by atoms with Crippen molar-refractivity contribution in [1.82, 2.24) is 14.3 Å². The Bertz CT molecular complexity index is 1200. The summed E-state index contributed by atoms with van der Waals surface area (Å²) in [6.07, 6.45) is 0.706. The monoisotopic (exact) mass is 389 g/mol. The molecule has 0 spiro atoms. The molecule has 5 nitrogen and oxygen atoms in total. The van der Waals surface area contributed by atoms with Gasteiger partial charge in [0, 0.05) is 40.8 Å². The van der Waals surface area contributed by atoms with E-state index in [1.165, 1.54) is 0 Å². The standard InChI is InChI=1S/C22H19N3O2S/c1-3-17-20-16(15-11-7-8-12-19(15)25(20)2)13-18(23-17)21(26)24-28-22(27)14-9-5-4-6-10-14/h4-13H,3H2,1-2H3,(H,24,26). The summed E-state index contributed by atoms with van der Waals surface area (Å²) in [4.78, 5) is 29.5. The number of hydrogen-bond acceptors (Lipinski definition) is 4. The van der Waals surface area contributed by atoms with E-state index >= 15 is 0 Å². The molecule has 0 unspecified atom stereocenters. The molecule has 0 aliphatic heterocycles. The Labute approximate surface area is 166 Å². The Balaban J connectivity index is 1.68. The largest absolute Gasteiger partial charge is 0.342 e. The summed E-state index contributed by atoms with van der Waals surface area (Å²) < 4.78 is 4.74. The van der Waals surface area contributed by atoms with Crippen LogP contribution in [0.25, 0.3) is 21.8 Å². The van der Waals surface area contributed by atoms with E-state index in [4.69, 9.17) is 0 Å². The maximum atomic E-state index is 12.7. The molecule has 0 saturated carbocycles. The Morgan fingerprint density at radius 2 is 1.75 bits per heavy atom. The molecule has 0 aliphatic carbocycles. The summed E-state index contributed by atoms with van der Waals surface area (Å²) in [5.74, 6) is -0.376. The van der Waals surface area contributed by atoms with Crippen molar-refractivity contribution < 1.29 is 9.59 Å². The predicted molar refractivity (Wildman–Crippen MR) is 113 cm³/mol. The maximum absolute atomic E-state index is 12.7. The number of pyridine rings is 1. The van der Waals surface area contributed by atoms with Crippen LogP contribution < -0.4 is 4.72 Å². The molecule has 6 heteroatoms. The normalized spacial score (nSPS) is 11.1. The zero-order chi connectivity index (χ0) is 19.7. The second-order valence-corrected chi connectivity index (χ2v) is 7.25.